The Morgan fingerprint density at radius 2 is 1.93 bits per heavy atom. The van der Waals surface area contributed by atoms with Crippen LogP contribution in [0.5, 0.6) is 11.5 Å². The van der Waals surface area contributed by atoms with E-state index in [1.807, 2.05) is 6.07 Å². The monoisotopic (exact) mass is 399 g/mol. The zero-order valence-corrected chi connectivity index (χ0v) is 15.9. The molecule has 0 aliphatic carbocycles. The maximum Gasteiger partial charge on any atom is 0.265 e. The Morgan fingerprint density at radius 1 is 1.18 bits per heavy atom. The van der Waals surface area contributed by atoms with Gasteiger partial charge in [-0.3, -0.25) is 4.72 Å². The van der Waals surface area contributed by atoms with E-state index in [1.54, 1.807) is 30.3 Å². The average Bonchev–Trinajstić information content (AvgIpc) is 3.08. The smallest absolute Gasteiger partial charge is 0.265 e. The Hall–Kier alpha value is -3.71. The molecule has 0 unspecified atom stereocenters. The minimum Gasteiger partial charge on any atom is -0.497 e. The molecule has 0 spiro atoms. The largest absolute Gasteiger partial charge is 0.497 e. The molecule has 1 heterocycles. The van der Waals surface area contributed by atoms with E-state index in [0.717, 1.165) is 0 Å². The topological polar surface area (TPSA) is 132 Å². The van der Waals surface area contributed by atoms with Gasteiger partial charge in [0.05, 0.1) is 31.8 Å². The second-order valence-corrected chi connectivity index (χ2v) is 7.26. The third kappa shape index (κ3) is 3.43. The molecular formula is C18H17N5O4S. The van der Waals surface area contributed by atoms with Gasteiger partial charge in [-0.25, -0.2) is 13.1 Å². The minimum atomic E-state index is -4.03. The highest BCUT2D eigenvalue weighted by molar-refractivity contribution is 7.92. The van der Waals surface area contributed by atoms with Crippen molar-refractivity contribution in [3.05, 3.63) is 54.2 Å². The number of nitriles is 1. The van der Waals surface area contributed by atoms with Crippen LogP contribution in [0.4, 0.5) is 11.5 Å². The first-order valence-electron chi connectivity index (χ1n) is 7.99. The van der Waals surface area contributed by atoms with Crippen LogP contribution in [-0.4, -0.2) is 32.4 Å². The lowest BCUT2D eigenvalue weighted by Gasteiger charge is -2.15. The number of nitrogens with one attached hydrogen (secondary N) is 1. The molecule has 0 aliphatic heterocycles. The number of benzene rings is 2. The molecule has 144 valence electrons. The van der Waals surface area contributed by atoms with Crippen molar-refractivity contribution in [2.45, 2.75) is 4.90 Å². The summed E-state index contributed by atoms with van der Waals surface area (Å²) in [6, 6.07) is 12.9. The second-order valence-electron chi connectivity index (χ2n) is 5.61. The number of nitrogens with two attached hydrogens (primary N) is 1. The van der Waals surface area contributed by atoms with Crippen LogP contribution in [0.1, 0.15) is 5.56 Å². The van der Waals surface area contributed by atoms with E-state index >= 15 is 0 Å². The second kappa shape index (κ2) is 7.50. The van der Waals surface area contributed by atoms with E-state index in [-0.39, 0.29) is 27.7 Å². The SMILES string of the molecule is COc1ccc(OC)c(S(=O)(=O)Nc2ccccc2-n2ncc(C#N)c2N)c1. The van der Waals surface area contributed by atoms with Gasteiger partial charge in [0.15, 0.2) is 0 Å². The van der Waals surface area contributed by atoms with Crippen LogP contribution in [0.2, 0.25) is 0 Å². The van der Waals surface area contributed by atoms with Gasteiger partial charge in [0.25, 0.3) is 10.0 Å². The summed E-state index contributed by atoms with van der Waals surface area (Å²) in [5, 5.41) is 13.1. The lowest BCUT2D eigenvalue weighted by atomic mass is 10.2. The van der Waals surface area contributed by atoms with Crippen molar-refractivity contribution in [3.8, 4) is 23.3 Å². The molecule has 9 nitrogen and oxygen atoms in total. The van der Waals surface area contributed by atoms with E-state index in [2.05, 4.69) is 9.82 Å². The molecular weight excluding hydrogens is 382 g/mol. The standard InChI is InChI=1S/C18H17N5O4S/c1-26-13-7-8-16(27-2)17(9-13)28(24,25)22-14-5-3-4-6-15(14)23-18(20)12(10-19)11-21-23/h3-9,11,22H,20H2,1-2H3. The normalized spacial score (nSPS) is 10.9. The van der Waals surface area contributed by atoms with Crippen molar-refractivity contribution in [2.24, 2.45) is 0 Å². The van der Waals surface area contributed by atoms with Crippen molar-refractivity contribution in [2.75, 3.05) is 24.7 Å². The van der Waals surface area contributed by atoms with Crippen molar-refractivity contribution >= 4 is 21.5 Å². The van der Waals surface area contributed by atoms with Gasteiger partial charge in [-0.2, -0.15) is 10.4 Å². The van der Waals surface area contributed by atoms with Gasteiger partial charge in [0.1, 0.15) is 33.8 Å². The third-order valence-corrected chi connectivity index (χ3v) is 5.35. The first-order valence-corrected chi connectivity index (χ1v) is 9.47. The molecule has 0 aliphatic rings. The summed E-state index contributed by atoms with van der Waals surface area (Å²) in [4.78, 5) is -0.0877. The summed E-state index contributed by atoms with van der Waals surface area (Å²) in [7, 11) is -1.22. The molecule has 28 heavy (non-hydrogen) atoms. The molecule has 0 saturated heterocycles. The van der Waals surface area contributed by atoms with Gasteiger partial charge in [0.2, 0.25) is 0 Å². The number of anilines is 2. The quantitative estimate of drug-likeness (QED) is 0.649. The van der Waals surface area contributed by atoms with Gasteiger partial charge in [-0.1, -0.05) is 12.1 Å². The molecule has 0 bridgehead atoms. The number of aromatic nitrogens is 2. The number of ether oxygens (including phenoxy) is 2. The Labute approximate surface area is 162 Å². The highest BCUT2D eigenvalue weighted by atomic mass is 32.2. The lowest BCUT2D eigenvalue weighted by Crippen LogP contribution is -2.16. The summed E-state index contributed by atoms with van der Waals surface area (Å²) >= 11 is 0. The zero-order valence-electron chi connectivity index (χ0n) is 15.1. The van der Waals surface area contributed by atoms with E-state index in [4.69, 9.17) is 20.5 Å². The Kier molecular flexibility index (Phi) is 5.10. The van der Waals surface area contributed by atoms with E-state index in [9.17, 15) is 8.42 Å². The van der Waals surface area contributed by atoms with E-state index in [0.29, 0.717) is 11.4 Å². The summed E-state index contributed by atoms with van der Waals surface area (Å²) in [5.41, 5.74) is 6.72. The fourth-order valence-corrected chi connectivity index (χ4v) is 3.83. The molecule has 1 aromatic heterocycles. The van der Waals surface area contributed by atoms with E-state index in [1.165, 1.54) is 37.2 Å². The number of sulfonamides is 1. The number of nitrogen functional groups attached to an aromatic ring is 1. The highest BCUT2D eigenvalue weighted by Gasteiger charge is 2.23. The Morgan fingerprint density at radius 3 is 2.57 bits per heavy atom. The molecule has 2 aromatic carbocycles. The van der Waals surface area contributed by atoms with Crippen LogP contribution in [-0.2, 0) is 10.0 Å². The van der Waals surface area contributed by atoms with Crippen molar-refractivity contribution in [1.29, 1.82) is 5.26 Å². The zero-order chi connectivity index (χ0) is 20.3. The number of rotatable bonds is 6. The number of hydrogen-bond donors (Lipinski definition) is 2. The number of methoxy groups -OCH3 is 2. The Balaban J connectivity index is 2.08. The number of nitrogens with zero attached hydrogens (tertiary/aromatic N) is 3. The fourth-order valence-electron chi connectivity index (χ4n) is 2.57. The van der Waals surface area contributed by atoms with Gasteiger partial charge in [-0.05, 0) is 24.3 Å². The average molecular weight is 399 g/mol. The van der Waals surface area contributed by atoms with Crippen LogP contribution < -0.4 is 19.9 Å². The van der Waals surface area contributed by atoms with Gasteiger partial charge in [0, 0.05) is 6.07 Å². The molecule has 3 N–H and O–H groups in total. The number of para-hydroxylation sites is 2. The predicted octanol–water partition coefficient (Wildman–Crippen LogP) is 2.14. The molecule has 3 rings (SSSR count). The van der Waals surface area contributed by atoms with Gasteiger partial charge >= 0.3 is 0 Å². The van der Waals surface area contributed by atoms with Crippen molar-refractivity contribution in [3.63, 3.8) is 0 Å². The molecule has 0 amide bonds. The van der Waals surface area contributed by atoms with Crippen molar-refractivity contribution < 1.29 is 17.9 Å². The summed E-state index contributed by atoms with van der Waals surface area (Å²) in [5.74, 6) is 0.633. The minimum absolute atomic E-state index is 0.0877. The Bertz CT molecular complexity index is 1160. The summed E-state index contributed by atoms with van der Waals surface area (Å²) < 4.78 is 40.1. The van der Waals surface area contributed by atoms with E-state index < -0.39 is 10.0 Å². The van der Waals surface area contributed by atoms with Crippen LogP contribution in [0, 0.1) is 11.3 Å². The summed E-state index contributed by atoms with van der Waals surface area (Å²) in [6.07, 6.45) is 1.31. The van der Waals surface area contributed by atoms with Crippen LogP contribution in [0.3, 0.4) is 0 Å². The lowest BCUT2D eigenvalue weighted by molar-refractivity contribution is 0.392. The predicted molar refractivity (Wildman–Crippen MR) is 103 cm³/mol. The molecule has 0 atom stereocenters. The maximum absolute atomic E-state index is 13.0. The fraction of sp³-hybridized carbons (Fsp3) is 0.111. The van der Waals surface area contributed by atoms with Crippen LogP contribution in [0.25, 0.3) is 5.69 Å². The number of hydrogen-bond acceptors (Lipinski definition) is 7. The molecule has 10 heteroatoms. The first-order chi connectivity index (χ1) is 13.4. The van der Waals surface area contributed by atoms with Crippen molar-refractivity contribution in [1.82, 2.24) is 9.78 Å². The first kappa shape index (κ1) is 19.1. The highest BCUT2D eigenvalue weighted by Crippen LogP contribution is 2.31. The van der Waals surface area contributed by atoms with Crippen LogP contribution >= 0.6 is 0 Å². The maximum atomic E-state index is 13.0. The molecule has 0 radical (unpaired) electrons. The van der Waals surface area contributed by atoms with Crippen LogP contribution in [0.15, 0.2) is 53.6 Å². The molecule has 0 fully saturated rings. The molecule has 3 aromatic rings. The van der Waals surface area contributed by atoms with Gasteiger partial charge in [-0.15, -0.1) is 0 Å². The van der Waals surface area contributed by atoms with Gasteiger partial charge < -0.3 is 15.2 Å². The molecule has 0 saturated carbocycles. The summed E-state index contributed by atoms with van der Waals surface area (Å²) in [6.45, 7) is 0. The third-order valence-electron chi connectivity index (χ3n) is 3.96.